The number of H-pyrrole nitrogens is 1. The number of rotatable bonds is 7. The van der Waals surface area contributed by atoms with Crippen LogP contribution in [0.2, 0.25) is 10.0 Å². The van der Waals surface area contributed by atoms with E-state index in [4.69, 9.17) is 28.9 Å². The van der Waals surface area contributed by atoms with E-state index in [0.717, 1.165) is 35.9 Å². The number of fused-ring (bicyclic) bond motifs is 1. The van der Waals surface area contributed by atoms with Gasteiger partial charge in [0, 0.05) is 13.1 Å². The third kappa shape index (κ3) is 5.33. The minimum absolute atomic E-state index is 0.0297. The van der Waals surface area contributed by atoms with Crippen LogP contribution in [0.1, 0.15) is 31.7 Å². The third-order valence-corrected chi connectivity index (χ3v) is 8.46. The number of nitrogens with one attached hydrogen (secondary N) is 2. The molecule has 1 aromatic heterocycles. The normalized spacial score (nSPS) is 16.1. The largest absolute Gasteiger partial charge is 0.396 e. The Hall–Kier alpha value is -2.33. The van der Waals surface area contributed by atoms with E-state index in [0.29, 0.717) is 19.0 Å². The summed E-state index contributed by atoms with van der Waals surface area (Å²) < 4.78 is 29.1. The summed E-state index contributed by atoms with van der Waals surface area (Å²) in [6.45, 7) is 3.36. The Labute approximate surface area is 208 Å². The quantitative estimate of drug-likeness (QED) is 0.404. The second-order valence-corrected chi connectivity index (χ2v) is 11.1. The van der Waals surface area contributed by atoms with Crippen molar-refractivity contribution in [1.82, 2.24) is 19.6 Å². The smallest absolute Gasteiger partial charge is 0.241 e. The molecule has 1 saturated heterocycles. The number of carbonyl (C=O) groups excluding carboxylic acids is 1. The number of amides is 1. The van der Waals surface area contributed by atoms with E-state index >= 15 is 0 Å². The Balaban J connectivity index is 1.63. The summed E-state index contributed by atoms with van der Waals surface area (Å²) in [7, 11) is -4.11. The zero-order valence-electron chi connectivity index (χ0n) is 18.7. The first-order valence-electron chi connectivity index (χ1n) is 11.2. The second-order valence-electron chi connectivity index (χ2n) is 8.61. The maximum atomic E-state index is 13.5. The summed E-state index contributed by atoms with van der Waals surface area (Å²) in [5.74, 6) is 0.330. The fourth-order valence-corrected chi connectivity index (χ4v) is 6.14. The van der Waals surface area contributed by atoms with Gasteiger partial charge in [-0.05, 0) is 55.0 Å². The molecule has 182 valence electrons. The monoisotopic (exact) mass is 523 g/mol. The minimum atomic E-state index is -4.11. The molecular weight excluding hydrogens is 497 g/mol. The predicted octanol–water partition coefficient (Wildman–Crippen LogP) is 3.99. The number of piperidine rings is 1. The van der Waals surface area contributed by atoms with Crippen LogP contribution in [0.25, 0.3) is 11.0 Å². The van der Waals surface area contributed by atoms with Crippen LogP contribution in [0.15, 0.2) is 41.6 Å². The molecule has 2 aromatic carbocycles. The summed E-state index contributed by atoms with van der Waals surface area (Å²) in [5.41, 5.74) is 8.26. The van der Waals surface area contributed by atoms with Crippen molar-refractivity contribution in [2.45, 2.75) is 43.5 Å². The predicted molar refractivity (Wildman–Crippen MR) is 134 cm³/mol. The van der Waals surface area contributed by atoms with E-state index < -0.39 is 16.1 Å². The number of sulfonamides is 1. The van der Waals surface area contributed by atoms with Gasteiger partial charge in [-0.2, -0.15) is 4.72 Å². The van der Waals surface area contributed by atoms with Crippen LogP contribution in [-0.2, 0) is 21.2 Å². The fourth-order valence-electron chi connectivity index (χ4n) is 4.28. The van der Waals surface area contributed by atoms with Gasteiger partial charge in [0.15, 0.2) is 0 Å². The Kier molecular flexibility index (Phi) is 7.37. The lowest BCUT2D eigenvalue weighted by molar-refractivity contribution is -0.134. The summed E-state index contributed by atoms with van der Waals surface area (Å²) in [5, 5.41) is 0.0594. The molecular formula is C23H27Cl2N5O3S. The summed E-state index contributed by atoms with van der Waals surface area (Å²) >= 11 is 12.1. The first-order valence-corrected chi connectivity index (χ1v) is 13.4. The molecule has 2 heterocycles. The summed E-state index contributed by atoms with van der Waals surface area (Å²) in [4.78, 5) is 22.4. The van der Waals surface area contributed by atoms with Gasteiger partial charge in [-0.25, -0.2) is 13.4 Å². The number of benzene rings is 2. The van der Waals surface area contributed by atoms with Crippen LogP contribution in [0.4, 0.5) is 5.69 Å². The molecule has 0 spiro atoms. The van der Waals surface area contributed by atoms with Crippen molar-refractivity contribution in [3.63, 3.8) is 0 Å². The van der Waals surface area contributed by atoms with Crippen molar-refractivity contribution in [2.24, 2.45) is 5.92 Å². The maximum absolute atomic E-state index is 13.5. The number of halogens is 2. The number of aromatic nitrogens is 2. The highest BCUT2D eigenvalue weighted by molar-refractivity contribution is 7.89. The standard InChI is InChI=1S/C23H27Cl2N5O3S/c1-2-14-5-7-30(8-6-14)23(31)21(10-15-3-4-19-20(9-15)28-13-27-19)29-34(32,33)16-11-17(24)22(26)18(25)12-16/h3-4,9,11-14,21,29H,2,5-8,10,26H2,1H3,(H,27,28). The van der Waals surface area contributed by atoms with Crippen molar-refractivity contribution in [3.05, 3.63) is 52.3 Å². The molecule has 0 bridgehead atoms. The fraction of sp³-hybridized carbons (Fsp3) is 0.391. The number of nitrogen functional groups attached to an aromatic ring is 1. The van der Waals surface area contributed by atoms with Gasteiger partial charge in [-0.3, -0.25) is 4.79 Å². The van der Waals surface area contributed by atoms with E-state index in [2.05, 4.69) is 21.6 Å². The second kappa shape index (κ2) is 10.1. The first kappa shape index (κ1) is 24.8. The molecule has 4 rings (SSSR count). The van der Waals surface area contributed by atoms with E-state index in [1.54, 1.807) is 11.2 Å². The minimum Gasteiger partial charge on any atom is -0.396 e. The molecule has 1 atom stereocenters. The Morgan fingerprint density at radius 2 is 1.91 bits per heavy atom. The van der Waals surface area contributed by atoms with E-state index in [1.165, 1.54) is 12.1 Å². The van der Waals surface area contributed by atoms with Crippen molar-refractivity contribution in [3.8, 4) is 0 Å². The molecule has 11 heteroatoms. The lowest BCUT2D eigenvalue weighted by Crippen LogP contribution is -2.51. The molecule has 34 heavy (non-hydrogen) atoms. The molecule has 3 aromatic rings. The average molecular weight is 524 g/mol. The van der Waals surface area contributed by atoms with Gasteiger partial charge in [-0.15, -0.1) is 0 Å². The maximum Gasteiger partial charge on any atom is 0.241 e. The van der Waals surface area contributed by atoms with Gasteiger partial charge in [0.1, 0.15) is 6.04 Å². The highest BCUT2D eigenvalue weighted by atomic mass is 35.5. The Bertz CT molecular complexity index is 1280. The topological polar surface area (TPSA) is 121 Å². The lowest BCUT2D eigenvalue weighted by atomic mass is 9.94. The van der Waals surface area contributed by atoms with Gasteiger partial charge in [0.2, 0.25) is 15.9 Å². The number of nitrogens with zero attached hydrogens (tertiary/aromatic N) is 2. The number of hydrogen-bond acceptors (Lipinski definition) is 5. The van der Waals surface area contributed by atoms with Crippen molar-refractivity contribution < 1.29 is 13.2 Å². The first-order chi connectivity index (χ1) is 16.2. The van der Waals surface area contributed by atoms with Crippen LogP contribution in [0.3, 0.4) is 0 Å². The number of anilines is 1. The van der Waals surface area contributed by atoms with Gasteiger partial charge in [0.05, 0.1) is 38.0 Å². The molecule has 4 N–H and O–H groups in total. The highest BCUT2D eigenvalue weighted by Crippen LogP contribution is 2.31. The third-order valence-electron chi connectivity index (χ3n) is 6.39. The van der Waals surface area contributed by atoms with Gasteiger partial charge in [-0.1, -0.05) is 42.6 Å². The van der Waals surface area contributed by atoms with Crippen LogP contribution in [-0.4, -0.2) is 48.3 Å². The zero-order valence-corrected chi connectivity index (χ0v) is 21.1. The van der Waals surface area contributed by atoms with E-state index in [9.17, 15) is 13.2 Å². The lowest BCUT2D eigenvalue weighted by Gasteiger charge is -2.34. The van der Waals surface area contributed by atoms with Gasteiger partial charge >= 0.3 is 0 Å². The number of hydrogen-bond donors (Lipinski definition) is 3. The van der Waals surface area contributed by atoms with Crippen LogP contribution in [0.5, 0.6) is 0 Å². The van der Waals surface area contributed by atoms with Crippen molar-refractivity contribution >= 4 is 55.9 Å². The summed E-state index contributed by atoms with van der Waals surface area (Å²) in [6, 6.07) is 7.02. The molecule has 1 amide bonds. The number of aromatic amines is 1. The molecule has 1 aliphatic heterocycles. The zero-order chi connectivity index (χ0) is 24.5. The number of nitrogens with two attached hydrogens (primary N) is 1. The van der Waals surface area contributed by atoms with Gasteiger partial charge < -0.3 is 15.6 Å². The van der Waals surface area contributed by atoms with E-state index in [1.807, 2.05) is 18.2 Å². The van der Waals surface area contributed by atoms with Crippen molar-refractivity contribution in [2.75, 3.05) is 18.8 Å². The SMILES string of the molecule is CCC1CCN(C(=O)C(Cc2ccc3nc[nH]c3c2)NS(=O)(=O)c2cc(Cl)c(N)c(Cl)c2)CC1. The van der Waals surface area contributed by atoms with Crippen LogP contribution < -0.4 is 10.5 Å². The molecule has 1 aliphatic rings. The number of likely N-dealkylation sites (tertiary alicyclic amines) is 1. The Morgan fingerprint density at radius 3 is 2.56 bits per heavy atom. The highest BCUT2D eigenvalue weighted by Gasteiger charge is 2.32. The molecule has 0 radical (unpaired) electrons. The van der Waals surface area contributed by atoms with Crippen LogP contribution >= 0.6 is 23.2 Å². The average Bonchev–Trinajstić information content (AvgIpc) is 3.29. The van der Waals surface area contributed by atoms with Crippen molar-refractivity contribution in [1.29, 1.82) is 0 Å². The van der Waals surface area contributed by atoms with Crippen LogP contribution in [0, 0.1) is 5.92 Å². The molecule has 0 saturated carbocycles. The molecule has 8 nitrogen and oxygen atoms in total. The molecule has 0 aliphatic carbocycles. The number of carbonyl (C=O) groups is 1. The number of imidazole rings is 1. The van der Waals surface area contributed by atoms with Gasteiger partial charge in [0.25, 0.3) is 0 Å². The van der Waals surface area contributed by atoms with E-state index in [-0.39, 0.29) is 33.0 Å². The molecule has 1 fully saturated rings. The molecule has 1 unspecified atom stereocenters. The summed E-state index contributed by atoms with van der Waals surface area (Å²) in [6.07, 6.45) is 4.65. The Morgan fingerprint density at radius 1 is 1.24 bits per heavy atom.